The summed E-state index contributed by atoms with van der Waals surface area (Å²) in [6, 6.07) is 8.65. The highest BCUT2D eigenvalue weighted by Gasteiger charge is 2.06. The normalized spacial score (nSPS) is 10.1. The summed E-state index contributed by atoms with van der Waals surface area (Å²) in [5, 5.41) is 3.12. The molecule has 2 aromatic rings. The molecule has 0 saturated heterocycles. The lowest BCUT2D eigenvalue weighted by Gasteiger charge is -2.07. The van der Waals surface area contributed by atoms with Gasteiger partial charge >= 0.3 is 12.0 Å². The van der Waals surface area contributed by atoms with Gasteiger partial charge in [-0.1, -0.05) is 29.8 Å². The van der Waals surface area contributed by atoms with Gasteiger partial charge < -0.3 is 14.8 Å². The van der Waals surface area contributed by atoms with E-state index in [0.717, 1.165) is 5.56 Å². The minimum atomic E-state index is 0.221. The van der Waals surface area contributed by atoms with Gasteiger partial charge in [0.05, 0.1) is 14.2 Å². The van der Waals surface area contributed by atoms with E-state index < -0.39 is 0 Å². The molecule has 0 amide bonds. The number of benzene rings is 1. The molecular weight excluding hydrogens is 244 g/mol. The fourth-order valence-corrected chi connectivity index (χ4v) is 1.60. The van der Waals surface area contributed by atoms with Gasteiger partial charge in [-0.3, -0.25) is 0 Å². The molecule has 1 N–H and O–H groups in total. The van der Waals surface area contributed by atoms with Crippen LogP contribution in [0.5, 0.6) is 12.0 Å². The van der Waals surface area contributed by atoms with Crippen molar-refractivity contribution in [2.24, 2.45) is 0 Å². The Balaban J connectivity index is 2.10. The fourth-order valence-electron chi connectivity index (χ4n) is 1.60. The van der Waals surface area contributed by atoms with Gasteiger partial charge in [-0.15, -0.1) is 4.98 Å². The molecule has 0 saturated carbocycles. The number of hydrogen-bond donors (Lipinski definition) is 1. The van der Waals surface area contributed by atoms with Crippen molar-refractivity contribution in [3.8, 4) is 12.0 Å². The molecule has 19 heavy (non-hydrogen) atoms. The van der Waals surface area contributed by atoms with Gasteiger partial charge in [0, 0.05) is 6.54 Å². The van der Waals surface area contributed by atoms with Crippen molar-refractivity contribution in [1.82, 2.24) is 15.0 Å². The van der Waals surface area contributed by atoms with Crippen LogP contribution in [-0.2, 0) is 6.54 Å². The molecule has 0 aliphatic carbocycles. The second kappa shape index (κ2) is 5.99. The molecule has 2 rings (SSSR count). The first-order valence-electron chi connectivity index (χ1n) is 5.84. The number of nitrogens with zero attached hydrogens (tertiary/aromatic N) is 3. The van der Waals surface area contributed by atoms with E-state index in [1.54, 1.807) is 0 Å². The zero-order valence-electron chi connectivity index (χ0n) is 11.2. The van der Waals surface area contributed by atoms with Crippen LogP contribution in [0.4, 0.5) is 5.95 Å². The highest BCUT2D eigenvalue weighted by atomic mass is 16.5. The Labute approximate surface area is 111 Å². The minimum absolute atomic E-state index is 0.221. The third-order valence-corrected chi connectivity index (χ3v) is 2.49. The summed E-state index contributed by atoms with van der Waals surface area (Å²) < 4.78 is 9.97. The summed E-state index contributed by atoms with van der Waals surface area (Å²) in [6.45, 7) is 2.68. The molecule has 0 bridgehead atoms. The lowest BCUT2D eigenvalue weighted by atomic mass is 10.1. The van der Waals surface area contributed by atoms with Crippen LogP contribution in [-0.4, -0.2) is 29.2 Å². The van der Waals surface area contributed by atoms with Gasteiger partial charge in [0.1, 0.15) is 0 Å². The molecule has 0 aliphatic rings. The molecule has 1 aromatic carbocycles. The smallest absolute Gasteiger partial charge is 0.324 e. The molecule has 1 aromatic heterocycles. The number of ether oxygens (including phenoxy) is 2. The van der Waals surface area contributed by atoms with Crippen molar-refractivity contribution in [1.29, 1.82) is 0 Å². The van der Waals surface area contributed by atoms with E-state index in [-0.39, 0.29) is 12.0 Å². The van der Waals surface area contributed by atoms with E-state index in [9.17, 15) is 0 Å². The number of hydrogen-bond acceptors (Lipinski definition) is 6. The fraction of sp³-hybridized carbons (Fsp3) is 0.308. The number of anilines is 1. The van der Waals surface area contributed by atoms with Gasteiger partial charge in [0.25, 0.3) is 0 Å². The third kappa shape index (κ3) is 3.54. The van der Waals surface area contributed by atoms with Crippen LogP contribution in [0.2, 0.25) is 0 Å². The van der Waals surface area contributed by atoms with Crippen molar-refractivity contribution in [3.63, 3.8) is 0 Å². The minimum Gasteiger partial charge on any atom is -0.467 e. The standard InChI is InChI=1S/C13H16N4O2/c1-9-5-4-6-10(7-9)8-14-11-15-12(18-2)17-13(16-11)19-3/h4-7H,8H2,1-3H3,(H,14,15,16,17). The number of aryl methyl sites for hydroxylation is 1. The number of aromatic nitrogens is 3. The molecular formula is C13H16N4O2. The number of methoxy groups -OCH3 is 2. The van der Waals surface area contributed by atoms with E-state index in [0.29, 0.717) is 12.5 Å². The maximum Gasteiger partial charge on any atom is 0.324 e. The molecule has 0 radical (unpaired) electrons. The van der Waals surface area contributed by atoms with Gasteiger partial charge in [0.2, 0.25) is 5.95 Å². The molecule has 0 atom stereocenters. The second-order valence-electron chi connectivity index (χ2n) is 3.98. The van der Waals surface area contributed by atoms with Gasteiger partial charge in [0.15, 0.2) is 0 Å². The average molecular weight is 260 g/mol. The Kier molecular flexibility index (Phi) is 4.12. The van der Waals surface area contributed by atoms with Crippen molar-refractivity contribution in [2.75, 3.05) is 19.5 Å². The summed E-state index contributed by atoms with van der Waals surface area (Å²) in [4.78, 5) is 12.1. The quantitative estimate of drug-likeness (QED) is 0.884. The average Bonchev–Trinajstić information content (AvgIpc) is 2.44. The summed E-state index contributed by atoms with van der Waals surface area (Å²) in [5.74, 6) is 0.421. The molecule has 0 spiro atoms. The summed E-state index contributed by atoms with van der Waals surface area (Å²) in [5.41, 5.74) is 2.36. The molecule has 1 heterocycles. The highest BCUT2D eigenvalue weighted by molar-refractivity contribution is 5.31. The lowest BCUT2D eigenvalue weighted by Crippen LogP contribution is -2.07. The first kappa shape index (κ1) is 13.1. The van der Waals surface area contributed by atoms with Crippen LogP contribution in [0.1, 0.15) is 11.1 Å². The predicted molar refractivity (Wildman–Crippen MR) is 71.4 cm³/mol. The first-order valence-corrected chi connectivity index (χ1v) is 5.84. The third-order valence-electron chi connectivity index (χ3n) is 2.49. The maximum absolute atomic E-state index is 4.99. The lowest BCUT2D eigenvalue weighted by molar-refractivity contribution is 0.341. The SMILES string of the molecule is COc1nc(NCc2cccc(C)c2)nc(OC)n1. The largest absolute Gasteiger partial charge is 0.467 e. The Hall–Kier alpha value is -2.37. The number of rotatable bonds is 5. The van der Waals surface area contributed by atoms with E-state index in [4.69, 9.17) is 9.47 Å². The Morgan fingerprint density at radius 1 is 1.05 bits per heavy atom. The molecule has 0 fully saturated rings. The Morgan fingerprint density at radius 2 is 1.74 bits per heavy atom. The monoisotopic (exact) mass is 260 g/mol. The van der Waals surface area contributed by atoms with Crippen molar-refractivity contribution >= 4 is 5.95 Å². The Bertz CT molecular complexity index is 538. The van der Waals surface area contributed by atoms with E-state index in [1.807, 2.05) is 12.1 Å². The molecule has 0 unspecified atom stereocenters. The van der Waals surface area contributed by atoms with Crippen LogP contribution >= 0.6 is 0 Å². The zero-order valence-corrected chi connectivity index (χ0v) is 11.2. The van der Waals surface area contributed by atoms with Crippen molar-refractivity contribution < 1.29 is 9.47 Å². The van der Waals surface area contributed by atoms with Crippen LogP contribution < -0.4 is 14.8 Å². The van der Waals surface area contributed by atoms with Crippen LogP contribution in [0, 0.1) is 6.92 Å². The van der Waals surface area contributed by atoms with Crippen LogP contribution in [0.15, 0.2) is 24.3 Å². The first-order chi connectivity index (χ1) is 9.21. The van der Waals surface area contributed by atoms with E-state index in [1.165, 1.54) is 19.8 Å². The second-order valence-corrected chi connectivity index (χ2v) is 3.98. The zero-order chi connectivity index (χ0) is 13.7. The van der Waals surface area contributed by atoms with Gasteiger partial charge in [-0.2, -0.15) is 9.97 Å². The summed E-state index contributed by atoms with van der Waals surface area (Å²) >= 11 is 0. The highest BCUT2D eigenvalue weighted by Crippen LogP contribution is 2.13. The molecule has 0 aliphatic heterocycles. The topological polar surface area (TPSA) is 69.2 Å². The van der Waals surface area contributed by atoms with Gasteiger partial charge in [-0.05, 0) is 12.5 Å². The summed E-state index contributed by atoms with van der Waals surface area (Å²) in [7, 11) is 3.00. The predicted octanol–water partition coefficient (Wildman–Crippen LogP) is 1.81. The molecule has 6 nitrogen and oxygen atoms in total. The number of nitrogens with one attached hydrogen (secondary N) is 1. The maximum atomic E-state index is 4.99. The van der Waals surface area contributed by atoms with Crippen molar-refractivity contribution in [2.45, 2.75) is 13.5 Å². The molecule has 100 valence electrons. The van der Waals surface area contributed by atoms with Gasteiger partial charge in [-0.25, -0.2) is 0 Å². The summed E-state index contributed by atoms with van der Waals surface area (Å²) in [6.07, 6.45) is 0. The van der Waals surface area contributed by atoms with E-state index in [2.05, 4.69) is 39.3 Å². The van der Waals surface area contributed by atoms with Crippen molar-refractivity contribution in [3.05, 3.63) is 35.4 Å². The van der Waals surface area contributed by atoms with Crippen LogP contribution in [0.25, 0.3) is 0 Å². The molecule has 6 heteroatoms. The van der Waals surface area contributed by atoms with Crippen LogP contribution in [0.3, 0.4) is 0 Å². The Morgan fingerprint density at radius 3 is 2.32 bits per heavy atom. The van der Waals surface area contributed by atoms with E-state index >= 15 is 0 Å².